The maximum Gasteiger partial charge on any atom is 0.286 e. The number of aromatic nitrogens is 5. The van der Waals surface area contributed by atoms with Gasteiger partial charge < -0.3 is 0 Å². The molecule has 0 saturated heterocycles. The van der Waals surface area contributed by atoms with Crippen LogP contribution >= 0.6 is 0 Å². The SMILES string of the molecule is Cc1nc2nccnc2c(=O)n1-c1cccnc1. The van der Waals surface area contributed by atoms with E-state index < -0.39 is 0 Å². The van der Waals surface area contributed by atoms with Crippen LogP contribution in [0.15, 0.2) is 41.7 Å². The lowest BCUT2D eigenvalue weighted by Gasteiger charge is -2.08. The summed E-state index contributed by atoms with van der Waals surface area (Å²) in [5.41, 5.74) is 1.05. The molecule has 0 amide bonds. The van der Waals surface area contributed by atoms with E-state index in [-0.39, 0.29) is 11.1 Å². The molecule has 0 aliphatic heterocycles. The highest BCUT2D eigenvalue weighted by molar-refractivity contribution is 5.68. The maximum atomic E-state index is 12.3. The molecule has 0 aliphatic rings. The minimum absolute atomic E-state index is 0.237. The number of aryl methyl sites for hydroxylation is 1. The van der Waals surface area contributed by atoms with Crippen LogP contribution < -0.4 is 5.56 Å². The van der Waals surface area contributed by atoms with Gasteiger partial charge in [0, 0.05) is 18.6 Å². The third kappa shape index (κ3) is 1.55. The van der Waals surface area contributed by atoms with Crippen LogP contribution in [0.5, 0.6) is 0 Å². The fourth-order valence-electron chi connectivity index (χ4n) is 1.81. The summed E-state index contributed by atoms with van der Waals surface area (Å²) in [4.78, 5) is 28.7. The minimum atomic E-state index is -0.237. The summed E-state index contributed by atoms with van der Waals surface area (Å²) in [6.07, 6.45) is 6.26. The van der Waals surface area contributed by atoms with E-state index in [9.17, 15) is 4.79 Å². The molecule has 88 valence electrons. The lowest BCUT2D eigenvalue weighted by molar-refractivity contribution is 0.877. The van der Waals surface area contributed by atoms with Gasteiger partial charge in [-0.3, -0.25) is 14.3 Å². The molecule has 0 N–H and O–H groups in total. The second-order valence-corrected chi connectivity index (χ2v) is 3.74. The monoisotopic (exact) mass is 239 g/mol. The normalized spacial score (nSPS) is 10.7. The Morgan fingerprint density at radius 1 is 1.17 bits per heavy atom. The van der Waals surface area contributed by atoms with Gasteiger partial charge in [0.2, 0.25) is 0 Å². The number of fused-ring (bicyclic) bond motifs is 1. The predicted molar refractivity (Wildman–Crippen MR) is 65.5 cm³/mol. The smallest absolute Gasteiger partial charge is 0.266 e. The molecule has 3 aromatic heterocycles. The molecule has 6 nitrogen and oxygen atoms in total. The Bertz CT molecular complexity index is 766. The quantitative estimate of drug-likeness (QED) is 0.630. The molecule has 18 heavy (non-hydrogen) atoms. The number of pyridine rings is 1. The molecule has 6 heteroatoms. The van der Waals surface area contributed by atoms with E-state index in [1.165, 1.54) is 17.0 Å². The van der Waals surface area contributed by atoms with Gasteiger partial charge in [0.1, 0.15) is 5.82 Å². The topological polar surface area (TPSA) is 73.6 Å². The van der Waals surface area contributed by atoms with Crippen molar-refractivity contribution >= 4 is 11.2 Å². The van der Waals surface area contributed by atoms with Crippen LogP contribution in [-0.4, -0.2) is 24.5 Å². The molecule has 0 aromatic carbocycles. The molecule has 0 radical (unpaired) electrons. The number of hydrogen-bond acceptors (Lipinski definition) is 5. The molecule has 0 unspecified atom stereocenters. The Kier molecular flexibility index (Phi) is 2.33. The summed E-state index contributed by atoms with van der Waals surface area (Å²) in [6.45, 7) is 1.75. The number of hydrogen-bond donors (Lipinski definition) is 0. The van der Waals surface area contributed by atoms with Gasteiger partial charge in [-0.05, 0) is 19.1 Å². The molecule has 0 spiro atoms. The number of nitrogens with zero attached hydrogens (tertiary/aromatic N) is 5. The zero-order valence-corrected chi connectivity index (χ0v) is 9.61. The molecule has 3 heterocycles. The van der Waals surface area contributed by atoms with E-state index in [0.29, 0.717) is 17.2 Å². The Balaban J connectivity index is 2.41. The Morgan fingerprint density at radius 2 is 2.00 bits per heavy atom. The first-order chi connectivity index (χ1) is 8.77. The average molecular weight is 239 g/mol. The van der Waals surface area contributed by atoms with Crippen molar-refractivity contribution in [1.29, 1.82) is 0 Å². The van der Waals surface area contributed by atoms with Gasteiger partial charge in [0.15, 0.2) is 11.2 Å². The summed E-state index contributed by atoms with van der Waals surface area (Å²) in [7, 11) is 0. The third-order valence-electron chi connectivity index (χ3n) is 2.58. The van der Waals surface area contributed by atoms with Crippen molar-refractivity contribution in [2.24, 2.45) is 0 Å². The van der Waals surface area contributed by atoms with Crippen LogP contribution in [0.2, 0.25) is 0 Å². The summed E-state index contributed by atoms with van der Waals surface area (Å²) >= 11 is 0. The fraction of sp³-hybridized carbons (Fsp3) is 0.0833. The lowest BCUT2D eigenvalue weighted by Crippen LogP contribution is -2.23. The molecule has 3 rings (SSSR count). The summed E-state index contributed by atoms with van der Waals surface area (Å²) in [5, 5.41) is 0. The first kappa shape index (κ1) is 10.5. The molecule has 0 atom stereocenters. The van der Waals surface area contributed by atoms with Crippen LogP contribution in [0.25, 0.3) is 16.9 Å². The highest BCUT2D eigenvalue weighted by Gasteiger charge is 2.10. The summed E-state index contributed by atoms with van der Waals surface area (Å²) < 4.78 is 1.48. The van der Waals surface area contributed by atoms with Gasteiger partial charge in [-0.15, -0.1) is 0 Å². The van der Waals surface area contributed by atoms with Crippen molar-refractivity contribution in [1.82, 2.24) is 24.5 Å². The van der Waals surface area contributed by atoms with E-state index in [2.05, 4.69) is 19.9 Å². The predicted octanol–water partition coefficient (Wildman–Crippen LogP) is 0.879. The van der Waals surface area contributed by atoms with E-state index in [1.54, 1.807) is 31.5 Å². The van der Waals surface area contributed by atoms with Gasteiger partial charge in [-0.2, -0.15) is 0 Å². The molecule has 3 aromatic rings. The van der Waals surface area contributed by atoms with Crippen LogP contribution in [0.1, 0.15) is 5.82 Å². The maximum absolute atomic E-state index is 12.3. The van der Waals surface area contributed by atoms with Crippen molar-refractivity contribution in [2.45, 2.75) is 6.92 Å². The van der Waals surface area contributed by atoms with Crippen LogP contribution in [0.4, 0.5) is 0 Å². The fourth-order valence-corrected chi connectivity index (χ4v) is 1.81. The largest absolute Gasteiger partial charge is 0.286 e. The molecule has 0 bridgehead atoms. The van der Waals surface area contributed by atoms with Crippen molar-refractivity contribution < 1.29 is 0 Å². The van der Waals surface area contributed by atoms with Crippen LogP contribution in [-0.2, 0) is 0 Å². The van der Waals surface area contributed by atoms with E-state index >= 15 is 0 Å². The molecule has 0 aliphatic carbocycles. The highest BCUT2D eigenvalue weighted by atomic mass is 16.1. The second-order valence-electron chi connectivity index (χ2n) is 3.74. The minimum Gasteiger partial charge on any atom is -0.266 e. The van der Waals surface area contributed by atoms with Gasteiger partial charge in [0.05, 0.1) is 11.9 Å². The van der Waals surface area contributed by atoms with E-state index in [0.717, 1.165) is 0 Å². The Hall–Kier alpha value is -2.63. The summed E-state index contributed by atoms with van der Waals surface area (Å²) in [5.74, 6) is 0.556. The zero-order valence-electron chi connectivity index (χ0n) is 9.61. The van der Waals surface area contributed by atoms with Crippen molar-refractivity contribution in [3.05, 3.63) is 53.1 Å². The van der Waals surface area contributed by atoms with Crippen LogP contribution in [0.3, 0.4) is 0 Å². The first-order valence-corrected chi connectivity index (χ1v) is 5.38. The van der Waals surface area contributed by atoms with E-state index in [4.69, 9.17) is 0 Å². The lowest BCUT2D eigenvalue weighted by atomic mass is 10.3. The second kappa shape index (κ2) is 3.99. The molecule has 0 fully saturated rings. The van der Waals surface area contributed by atoms with E-state index in [1.807, 2.05) is 0 Å². The number of rotatable bonds is 1. The van der Waals surface area contributed by atoms with Gasteiger partial charge >= 0.3 is 0 Å². The van der Waals surface area contributed by atoms with Crippen molar-refractivity contribution in [2.75, 3.05) is 0 Å². The van der Waals surface area contributed by atoms with Gasteiger partial charge in [-0.25, -0.2) is 15.0 Å². The Labute approximate surface area is 102 Å². The summed E-state index contributed by atoms with van der Waals surface area (Å²) in [6, 6.07) is 3.56. The van der Waals surface area contributed by atoms with Gasteiger partial charge in [-0.1, -0.05) is 0 Å². The molecular weight excluding hydrogens is 230 g/mol. The van der Waals surface area contributed by atoms with Crippen molar-refractivity contribution in [3.8, 4) is 5.69 Å². The zero-order chi connectivity index (χ0) is 12.5. The van der Waals surface area contributed by atoms with Crippen molar-refractivity contribution in [3.63, 3.8) is 0 Å². The Morgan fingerprint density at radius 3 is 2.78 bits per heavy atom. The molecular formula is C12H9N5O. The standard InChI is InChI=1S/C12H9N5O/c1-8-16-11-10(14-5-6-15-11)12(18)17(8)9-3-2-4-13-7-9/h2-7H,1H3. The van der Waals surface area contributed by atoms with Gasteiger partial charge in [0.25, 0.3) is 5.56 Å². The highest BCUT2D eigenvalue weighted by Crippen LogP contribution is 2.07. The third-order valence-corrected chi connectivity index (χ3v) is 2.58. The molecule has 0 saturated carbocycles. The van der Waals surface area contributed by atoms with Crippen LogP contribution in [0, 0.1) is 6.92 Å². The first-order valence-electron chi connectivity index (χ1n) is 5.38. The average Bonchev–Trinajstić information content (AvgIpc) is 2.40.